The summed E-state index contributed by atoms with van der Waals surface area (Å²) in [7, 11) is 0. The number of amides is 1. The Labute approximate surface area is 110 Å². The molecule has 1 amide bonds. The first-order valence-electron chi connectivity index (χ1n) is 6.14. The molecule has 0 spiro atoms. The Morgan fingerprint density at radius 3 is 2.68 bits per heavy atom. The van der Waals surface area contributed by atoms with Gasteiger partial charge in [-0.15, -0.1) is 0 Å². The molecule has 1 aromatic rings. The first-order chi connectivity index (χ1) is 9.15. The SMILES string of the molecule is O=C(O)COc1ccc(NC(=O)[C@@H]2CCCN2)cc1. The molecular formula is C13H16N2O4. The Morgan fingerprint density at radius 2 is 2.11 bits per heavy atom. The number of aliphatic carboxylic acids is 1. The molecular weight excluding hydrogens is 248 g/mol. The van der Waals surface area contributed by atoms with E-state index in [0.29, 0.717) is 11.4 Å². The van der Waals surface area contributed by atoms with Gasteiger partial charge in [-0.3, -0.25) is 4.79 Å². The molecule has 2 rings (SSSR count). The minimum Gasteiger partial charge on any atom is -0.482 e. The molecule has 0 saturated carbocycles. The van der Waals surface area contributed by atoms with Gasteiger partial charge in [-0.1, -0.05) is 0 Å². The van der Waals surface area contributed by atoms with Gasteiger partial charge in [-0.25, -0.2) is 4.79 Å². The molecule has 0 radical (unpaired) electrons. The topological polar surface area (TPSA) is 87.7 Å². The van der Waals surface area contributed by atoms with Crippen LogP contribution < -0.4 is 15.4 Å². The van der Waals surface area contributed by atoms with E-state index in [0.717, 1.165) is 19.4 Å². The number of ether oxygens (including phenoxy) is 1. The van der Waals surface area contributed by atoms with Crippen LogP contribution in [0.1, 0.15) is 12.8 Å². The van der Waals surface area contributed by atoms with Crippen LogP contribution in [0, 0.1) is 0 Å². The van der Waals surface area contributed by atoms with Gasteiger partial charge in [0.1, 0.15) is 5.75 Å². The van der Waals surface area contributed by atoms with Gasteiger partial charge in [0, 0.05) is 5.69 Å². The third kappa shape index (κ3) is 3.96. The maximum Gasteiger partial charge on any atom is 0.341 e. The minimum atomic E-state index is -1.02. The van der Waals surface area contributed by atoms with Gasteiger partial charge < -0.3 is 20.5 Å². The zero-order chi connectivity index (χ0) is 13.7. The van der Waals surface area contributed by atoms with Gasteiger partial charge in [-0.05, 0) is 43.7 Å². The van der Waals surface area contributed by atoms with Gasteiger partial charge in [0.05, 0.1) is 6.04 Å². The molecule has 1 aliphatic heterocycles. The number of carboxylic acid groups (broad SMARTS) is 1. The minimum absolute atomic E-state index is 0.0447. The lowest BCUT2D eigenvalue weighted by Gasteiger charge is -2.11. The fourth-order valence-electron chi connectivity index (χ4n) is 1.92. The van der Waals surface area contributed by atoms with Crippen LogP contribution >= 0.6 is 0 Å². The van der Waals surface area contributed by atoms with Crippen molar-refractivity contribution in [3.05, 3.63) is 24.3 Å². The number of nitrogens with one attached hydrogen (secondary N) is 2. The van der Waals surface area contributed by atoms with Crippen molar-refractivity contribution in [3.8, 4) is 5.75 Å². The Balaban J connectivity index is 1.87. The molecule has 6 nitrogen and oxygen atoms in total. The molecule has 102 valence electrons. The number of carbonyl (C=O) groups excluding carboxylic acids is 1. The van der Waals surface area contributed by atoms with Crippen molar-refractivity contribution in [1.82, 2.24) is 5.32 Å². The summed E-state index contributed by atoms with van der Waals surface area (Å²) in [5.74, 6) is -0.610. The molecule has 1 aromatic carbocycles. The third-order valence-corrected chi connectivity index (χ3v) is 2.86. The van der Waals surface area contributed by atoms with Crippen LogP contribution in [0.15, 0.2) is 24.3 Å². The van der Waals surface area contributed by atoms with Crippen molar-refractivity contribution >= 4 is 17.6 Å². The van der Waals surface area contributed by atoms with Gasteiger partial charge in [0.2, 0.25) is 5.91 Å². The Bertz CT molecular complexity index is 452. The fraction of sp³-hybridized carbons (Fsp3) is 0.385. The Morgan fingerprint density at radius 1 is 1.37 bits per heavy atom. The first kappa shape index (κ1) is 13.4. The Hall–Kier alpha value is -2.08. The molecule has 1 fully saturated rings. The van der Waals surface area contributed by atoms with Gasteiger partial charge in [0.25, 0.3) is 0 Å². The number of benzene rings is 1. The molecule has 1 saturated heterocycles. The van der Waals surface area contributed by atoms with E-state index in [1.54, 1.807) is 24.3 Å². The van der Waals surface area contributed by atoms with E-state index in [9.17, 15) is 9.59 Å². The third-order valence-electron chi connectivity index (χ3n) is 2.86. The summed E-state index contributed by atoms with van der Waals surface area (Å²) in [5, 5.41) is 14.4. The highest BCUT2D eigenvalue weighted by atomic mass is 16.5. The summed E-state index contributed by atoms with van der Waals surface area (Å²) in [6.07, 6.45) is 1.87. The second-order valence-corrected chi connectivity index (χ2v) is 4.34. The van der Waals surface area contributed by atoms with Crippen molar-refractivity contribution in [2.45, 2.75) is 18.9 Å². The van der Waals surface area contributed by atoms with E-state index in [2.05, 4.69) is 10.6 Å². The van der Waals surface area contributed by atoms with Crippen molar-refractivity contribution in [1.29, 1.82) is 0 Å². The van der Waals surface area contributed by atoms with Crippen LogP contribution in [-0.4, -0.2) is 36.2 Å². The average Bonchev–Trinajstić information content (AvgIpc) is 2.92. The molecule has 1 atom stereocenters. The first-order valence-corrected chi connectivity index (χ1v) is 6.14. The lowest BCUT2D eigenvalue weighted by Crippen LogP contribution is -2.35. The Kier molecular flexibility index (Phi) is 4.35. The largest absolute Gasteiger partial charge is 0.482 e. The number of hydrogen-bond donors (Lipinski definition) is 3. The molecule has 1 aliphatic rings. The summed E-state index contributed by atoms with van der Waals surface area (Å²) in [4.78, 5) is 22.2. The van der Waals surface area contributed by atoms with E-state index in [1.165, 1.54) is 0 Å². The highest BCUT2D eigenvalue weighted by Crippen LogP contribution is 2.16. The standard InChI is InChI=1S/C13H16N2O4/c16-12(17)8-19-10-5-3-9(4-6-10)15-13(18)11-2-1-7-14-11/h3-6,11,14H,1-2,7-8H2,(H,15,18)(H,16,17)/t11-/m0/s1. The summed E-state index contributed by atoms with van der Waals surface area (Å²) in [6.45, 7) is 0.498. The zero-order valence-electron chi connectivity index (χ0n) is 10.4. The van der Waals surface area contributed by atoms with E-state index in [4.69, 9.17) is 9.84 Å². The van der Waals surface area contributed by atoms with Crippen LogP contribution in [0.5, 0.6) is 5.75 Å². The van der Waals surface area contributed by atoms with Gasteiger partial charge in [-0.2, -0.15) is 0 Å². The lowest BCUT2D eigenvalue weighted by atomic mass is 10.2. The summed E-state index contributed by atoms with van der Waals surface area (Å²) >= 11 is 0. The van der Waals surface area contributed by atoms with Crippen LogP contribution in [0.3, 0.4) is 0 Å². The molecule has 0 unspecified atom stereocenters. The van der Waals surface area contributed by atoms with Gasteiger partial charge >= 0.3 is 5.97 Å². The maximum absolute atomic E-state index is 11.8. The molecule has 19 heavy (non-hydrogen) atoms. The molecule has 0 aliphatic carbocycles. The summed E-state index contributed by atoms with van der Waals surface area (Å²) in [5.41, 5.74) is 0.668. The molecule has 0 aromatic heterocycles. The van der Waals surface area contributed by atoms with Crippen LogP contribution in [0.4, 0.5) is 5.69 Å². The number of hydrogen-bond acceptors (Lipinski definition) is 4. The van der Waals surface area contributed by atoms with Crippen molar-refractivity contribution in [2.24, 2.45) is 0 Å². The highest BCUT2D eigenvalue weighted by Gasteiger charge is 2.21. The number of carboxylic acids is 1. The quantitative estimate of drug-likeness (QED) is 0.733. The second kappa shape index (κ2) is 6.19. The normalized spacial score (nSPS) is 18.0. The zero-order valence-corrected chi connectivity index (χ0v) is 10.4. The van der Waals surface area contributed by atoms with Crippen LogP contribution in [0.2, 0.25) is 0 Å². The molecule has 3 N–H and O–H groups in total. The van der Waals surface area contributed by atoms with Crippen LogP contribution in [-0.2, 0) is 9.59 Å². The highest BCUT2D eigenvalue weighted by molar-refractivity contribution is 5.95. The summed E-state index contributed by atoms with van der Waals surface area (Å²) in [6, 6.07) is 6.50. The number of anilines is 1. The van der Waals surface area contributed by atoms with Crippen LogP contribution in [0.25, 0.3) is 0 Å². The van der Waals surface area contributed by atoms with Crippen molar-refractivity contribution in [2.75, 3.05) is 18.5 Å². The number of rotatable bonds is 5. The predicted molar refractivity (Wildman–Crippen MR) is 69.2 cm³/mol. The number of carbonyl (C=O) groups is 2. The average molecular weight is 264 g/mol. The van der Waals surface area contributed by atoms with E-state index < -0.39 is 5.97 Å². The summed E-state index contributed by atoms with van der Waals surface area (Å²) < 4.78 is 5.00. The van der Waals surface area contributed by atoms with Crippen molar-refractivity contribution < 1.29 is 19.4 Å². The van der Waals surface area contributed by atoms with Crippen molar-refractivity contribution in [3.63, 3.8) is 0 Å². The van der Waals surface area contributed by atoms with E-state index in [1.807, 2.05) is 0 Å². The monoisotopic (exact) mass is 264 g/mol. The smallest absolute Gasteiger partial charge is 0.341 e. The predicted octanol–water partition coefficient (Wildman–Crippen LogP) is 0.840. The molecule has 1 heterocycles. The van der Waals surface area contributed by atoms with E-state index >= 15 is 0 Å². The molecule has 0 bridgehead atoms. The molecule has 6 heteroatoms. The van der Waals surface area contributed by atoms with Gasteiger partial charge in [0.15, 0.2) is 6.61 Å². The van der Waals surface area contributed by atoms with E-state index in [-0.39, 0.29) is 18.6 Å². The lowest BCUT2D eigenvalue weighted by molar-refractivity contribution is -0.139. The second-order valence-electron chi connectivity index (χ2n) is 4.34. The maximum atomic E-state index is 11.8. The fourth-order valence-corrected chi connectivity index (χ4v) is 1.92.